The molecule has 0 unspecified atom stereocenters. The van der Waals surface area contributed by atoms with Crippen LogP contribution in [0.3, 0.4) is 0 Å². The number of alkyl halides is 3. The molecule has 1 aliphatic carbocycles. The molecule has 1 amide bonds. The van der Waals surface area contributed by atoms with Gasteiger partial charge in [0, 0.05) is 44.0 Å². The fourth-order valence-electron chi connectivity index (χ4n) is 3.88. The normalized spacial score (nSPS) is 24.8. The summed E-state index contributed by atoms with van der Waals surface area (Å²) in [7, 11) is -3.17. The zero-order valence-corrected chi connectivity index (χ0v) is 16.8. The number of rotatable bonds is 4. The largest absolute Gasteiger partial charge is 0.490 e. The highest BCUT2D eigenvalue weighted by Crippen LogP contribution is 2.39. The number of aliphatic carboxylic acids is 1. The molecule has 0 spiro atoms. The first-order valence-electron chi connectivity index (χ1n) is 9.51. The first kappa shape index (κ1) is 22.5. The molecule has 3 fully saturated rings. The number of hydrogen-bond acceptors (Lipinski definition) is 5. The van der Waals surface area contributed by atoms with E-state index >= 15 is 0 Å². The van der Waals surface area contributed by atoms with Gasteiger partial charge in [-0.15, -0.1) is 0 Å². The monoisotopic (exact) mass is 449 g/mol. The zero-order chi connectivity index (χ0) is 22.1. The molecule has 1 N–H and O–H groups in total. The molecule has 1 saturated carbocycles. The van der Waals surface area contributed by atoms with Gasteiger partial charge >= 0.3 is 12.1 Å². The van der Waals surface area contributed by atoms with Crippen LogP contribution in [0.5, 0.6) is 0 Å². The number of pyridine rings is 1. The molecule has 166 valence electrons. The van der Waals surface area contributed by atoms with E-state index in [2.05, 4.69) is 4.98 Å². The third kappa shape index (κ3) is 4.91. The molecule has 0 aromatic carbocycles. The fraction of sp³-hybridized carbons (Fsp3) is 0.611. The number of carboxylic acid groups (broad SMARTS) is 1. The highest BCUT2D eigenvalue weighted by Gasteiger charge is 2.51. The average molecular weight is 449 g/mol. The molecule has 30 heavy (non-hydrogen) atoms. The van der Waals surface area contributed by atoms with Crippen molar-refractivity contribution in [1.82, 2.24) is 14.2 Å². The highest BCUT2D eigenvalue weighted by atomic mass is 32.2. The molecular weight excluding hydrogens is 427 g/mol. The number of halogens is 3. The zero-order valence-electron chi connectivity index (χ0n) is 16.0. The Labute approximate surface area is 171 Å². The standard InChI is InChI=1S/C16H21N3O3S.C2HF3O2/c20-16-6-5-15-14(18(16)11-12-2-1-8-17-10-12)7-9-19(15)23(21,22)13-3-4-13;3-2(4,5)1(6)7/h1-2,8,10,13-15H,3-7,9,11H2;(H,6,7)/t14-,15-;/m0./s1. The lowest BCUT2D eigenvalue weighted by molar-refractivity contribution is -0.192. The lowest BCUT2D eigenvalue weighted by atomic mass is 9.96. The van der Waals surface area contributed by atoms with Gasteiger partial charge in [0.15, 0.2) is 0 Å². The van der Waals surface area contributed by atoms with Gasteiger partial charge in [-0.1, -0.05) is 6.07 Å². The molecule has 2 atom stereocenters. The third-order valence-corrected chi connectivity index (χ3v) is 7.85. The van der Waals surface area contributed by atoms with Gasteiger partial charge in [0.1, 0.15) is 0 Å². The van der Waals surface area contributed by atoms with E-state index in [1.807, 2.05) is 17.0 Å². The molecular formula is C18H22F3N3O5S. The van der Waals surface area contributed by atoms with Gasteiger partial charge in [0.2, 0.25) is 15.9 Å². The molecule has 0 radical (unpaired) electrons. The van der Waals surface area contributed by atoms with Gasteiger partial charge in [-0.2, -0.15) is 17.5 Å². The molecule has 8 nitrogen and oxygen atoms in total. The van der Waals surface area contributed by atoms with Crippen molar-refractivity contribution in [1.29, 1.82) is 0 Å². The van der Waals surface area contributed by atoms with E-state index in [9.17, 15) is 26.4 Å². The summed E-state index contributed by atoms with van der Waals surface area (Å²) in [6, 6.07) is 3.78. The Morgan fingerprint density at radius 2 is 1.87 bits per heavy atom. The summed E-state index contributed by atoms with van der Waals surface area (Å²) in [6.07, 6.45) is 1.79. The van der Waals surface area contributed by atoms with Crippen LogP contribution in [-0.2, 0) is 26.2 Å². The summed E-state index contributed by atoms with van der Waals surface area (Å²) in [4.78, 5) is 27.2. The van der Waals surface area contributed by atoms with Crippen molar-refractivity contribution in [3.8, 4) is 0 Å². The first-order valence-corrected chi connectivity index (χ1v) is 11.0. The van der Waals surface area contributed by atoms with Crippen LogP contribution in [0.15, 0.2) is 24.5 Å². The number of carboxylic acids is 1. The summed E-state index contributed by atoms with van der Waals surface area (Å²) in [5.41, 5.74) is 0.991. The molecule has 2 saturated heterocycles. The maximum absolute atomic E-state index is 12.6. The summed E-state index contributed by atoms with van der Waals surface area (Å²) >= 11 is 0. The quantitative estimate of drug-likeness (QED) is 0.751. The number of piperidine rings is 1. The summed E-state index contributed by atoms with van der Waals surface area (Å²) in [6.45, 7) is 1.07. The van der Waals surface area contributed by atoms with E-state index in [0.29, 0.717) is 25.9 Å². The summed E-state index contributed by atoms with van der Waals surface area (Å²) in [5.74, 6) is -2.63. The Balaban J connectivity index is 0.000000318. The maximum atomic E-state index is 12.6. The van der Waals surface area contributed by atoms with Crippen LogP contribution in [0.25, 0.3) is 0 Å². The van der Waals surface area contributed by atoms with Crippen LogP contribution in [0.2, 0.25) is 0 Å². The van der Waals surface area contributed by atoms with Crippen molar-refractivity contribution in [3.05, 3.63) is 30.1 Å². The highest BCUT2D eigenvalue weighted by molar-refractivity contribution is 7.90. The van der Waals surface area contributed by atoms with Crippen molar-refractivity contribution in [2.24, 2.45) is 0 Å². The molecule has 1 aromatic heterocycles. The Hall–Kier alpha value is -2.21. The average Bonchev–Trinajstić information content (AvgIpc) is 3.45. The number of likely N-dealkylation sites (tertiary alicyclic amines) is 1. The third-order valence-electron chi connectivity index (χ3n) is 5.42. The topological polar surface area (TPSA) is 108 Å². The fourth-order valence-corrected chi connectivity index (χ4v) is 5.97. The number of aromatic nitrogens is 1. The van der Waals surface area contributed by atoms with Crippen molar-refractivity contribution in [2.75, 3.05) is 6.54 Å². The molecule has 0 bridgehead atoms. The van der Waals surface area contributed by atoms with Crippen LogP contribution in [0.4, 0.5) is 13.2 Å². The van der Waals surface area contributed by atoms with Gasteiger partial charge < -0.3 is 10.0 Å². The Kier molecular flexibility index (Phi) is 6.37. The number of fused-ring (bicyclic) bond motifs is 1. The number of nitrogens with zero attached hydrogens (tertiary/aromatic N) is 3. The minimum Gasteiger partial charge on any atom is -0.475 e. The summed E-state index contributed by atoms with van der Waals surface area (Å²) in [5, 5.41) is 6.95. The van der Waals surface area contributed by atoms with Gasteiger partial charge in [-0.25, -0.2) is 13.2 Å². The maximum Gasteiger partial charge on any atom is 0.490 e. The molecule has 1 aromatic rings. The lowest BCUT2D eigenvalue weighted by Gasteiger charge is -2.39. The minimum absolute atomic E-state index is 0.00461. The Bertz CT molecular complexity index is 890. The first-order chi connectivity index (χ1) is 14.0. The van der Waals surface area contributed by atoms with E-state index in [4.69, 9.17) is 9.90 Å². The van der Waals surface area contributed by atoms with Crippen LogP contribution >= 0.6 is 0 Å². The predicted octanol–water partition coefficient (Wildman–Crippen LogP) is 1.77. The SMILES string of the molecule is O=C(O)C(F)(F)F.O=C1CC[C@H]2[C@H](CCN2S(=O)(=O)C2CC2)N1Cc1cccnc1. The summed E-state index contributed by atoms with van der Waals surface area (Å²) < 4.78 is 58.6. The Morgan fingerprint density at radius 3 is 2.40 bits per heavy atom. The number of carbonyl (C=O) groups is 2. The predicted molar refractivity (Wildman–Crippen MR) is 98.6 cm³/mol. The Morgan fingerprint density at radius 1 is 1.20 bits per heavy atom. The molecule has 2 aliphatic heterocycles. The van der Waals surface area contributed by atoms with E-state index < -0.39 is 22.2 Å². The molecule has 12 heteroatoms. The van der Waals surface area contributed by atoms with Gasteiger partial charge in [0.25, 0.3) is 0 Å². The van der Waals surface area contributed by atoms with Gasteiger partial charge in [-0.3, -0.25) is 9.78 Å². The van der Waals surface area contributed by atoms with Crippen molar-refractivity contribution >= 4 is 21.9 Å². The minimum atomic E-state index is -5.08. The lowest BCUT2D eigenvalue weighted by Crippen LogP contribution is -2.53. The van der Waals surface area contributed by atoms with Crippen LogP contribution in [0, 0.1) is 0 Å². The molecule has 3 heterocycles. The van der Waals surface area contributed by atoms with Crippen molar-refractivity contribution in [3.63, 3.8) is 0 Å². The van der Waals surface area contributed by atoms with Crippen LogP contribution < -0.4 is 0 Å². The smallest absolute Gasteiger partial charge is 0.475 e. The van der Waals surface area contributed by atoms with Crippen LogP contribution in [-0.4, -0.2) is 69.6 Å². The number of carbonyl (C=O) groups excluding carboxylic acids is 1. The van der Waals surface area contributed by atoms with E-state index in [0.717, 1.165) is 24.8 Å². The van der Waals surface area contributed by atoms with E-state index in [1.165, 1.54) is 0 Å². The van der Waals surface area contributed by atoms with E-state index in [-0.39, 0.29) is 23.2 Å². The van der Waals surface area contributed by atoms with Crippen LogP contribution in [0.1, 0.15) is 37.7 Å². The van der Waals surface area contributed by atoms with Crippen molar-refractivity contribution in [2.45, 2.75) is 62.2 Å². The van der Waals surface area contributed by atoms with Crippen molar-refractivity contribution < 1.29 is 36.3 Å². The molecule has 3 aliphatic rings. The number of amides is 1. The molecule has 4 rings (SSSR count). The van der Waals surface area contributed by atoms with Gasteiger partial charge in [0.05, 0.1) is 5.25 Å². The van der Waals surface area contributed by atoms with Gasteiger partial charge in [-0.05, 0) is 37.3 Å². The van der Waals surface area contributed by atoms with E-state index in [1.54, 1.807) is 16.7 Å². The number of hydrogen-bond donors (Lipinski definition) is 1. The second kappa shape index (κ2) is 8.50. The number of sulfonamides is 1. The second-order valence-electron chi connectivity index (χ2n) is 7.50. The second-order valence-corrected chi connectivity index (χ2v) is 9.67.